The largest absolute Gasteiger partial charge is 0.488 e. The van der Waals surface area contributed by atoms with Crippen LogP contribution in [-0.4, -0.2) is 30.2 Å². The maximum absolute atomic E-state index is 12.6. The molecule has 0 atom stereocenters. The van der Waals surface area contributed by atoms with Gasteiger partial charge in [0.2, 0.25) is 0 Å². The molecule has 3 aromatic rings. The molecule has 4 rings (SSSR count). The molecular weight excluding hydrogens is 384 g/mol. The lowest BCUT2D eigenvalue weighted by Crippen LogP contribution is -2.33. The van der Waals surface area contributed by atoms with Gasteiger partial charge in [0.15, 0.2) is 6.61 Å². The molecule has 0 aliphatic carbocycles. The number of ether oxygens (including phenoxy) is 2. The normalized spacial score (nSPS) is 12.5. The molecule has 1 aliphatic heterocycles. The van der Waals surface area contributed by atoms with Crippen LogP contribution in [0, 0.1) is 13.8 Å². The highest BCUT2D eigenvalue weighted by molar-refractivity contribution is 5.99. The number of aromatic nitrogens is 1. The maximum atomic E-state index is 12.6. The molecule has 7 nitrogen and oxygen atoms in total. The Balaban J connectivity index is 1.40. The van der Waals surface area contributed by atoms with Gasteiger partial charge in [0.05, 0.1) is 11.3 Å². The van der Waals surface area contributed by atoms with E-state index in [1.807, 2.05) is 31.2 Å². The average Bonchev–Trinajstić information content (AvgIpc) is 3.33. The number of fused-ring (bicyclic) bond motifs is 1. The lowest BCUT2D eigenvalue weighted by atomic mass is 10.2. The number of carbonyl (C=O) groups is 2. The lowest BCUT2D eigenvalue weighted by molar-refractivity contribution is -0.121. The molecule has 2 heterocycles. The third-order valence-electron chi connectivity index (χ3n) is 5.18. The Morgan fingerprint density at radius 2 is 1.87 bits per heavy atom. The van der Waals surface area contributed by atoms with E-state index in [1.54, 1.807) is 36.1 Å². The molecule has 0 radical (unpaired) electrons. The van der Waals surface area contributed by atoms with Gasteiger partial charge >= 0.3 is 5.97 Å². The summed E-state index contributed by atoms with van der Waals surface area (Å²) in [5, 5.41) is 3.90. The van der Waals surface area contributed by atoms with Gasteiger partial charge < -0.3 is 18.9 Å². The minimum Gasteiger partial charge on any atom is -0.488 e. The van der Waals surface area contributed by atoms with E-state index < -0.39 is 5.97 Å². The van der Waals surface area contributed by atoms with Gasteiger partial charge in [-0.05, 0) is 44.0 Å². The zero-order valence-corrected chi connectivity index (χ0v) is 16.9. The highest BCUT2D eigenvalue weighted by atomic mass is 16.5. The summed E-state index contributed by atoms with van der Waals surface area (Å²) in [6, 6.07) is 14.5. The van der Waals surface area contributed by atoms with E-state index in [0.717, 1.165) is 28.9 Å². The molecule has 0 N–H and O–H groups in total. The average molecular weight is 406 g/mol. The number of amides is 1. The topological polar surface area (TPSA) is 81.9 Å². The van der Waals surface area contributed by atoms with Crippen molar-refractivity contribution in [2.24, 2.45) is 0 Å². The Morgan fingerprint density at radius 1 is 1.10 bits per heavy atom. The molecule has 0 saturated heterocycles. The number of para-hydroxylation sites is 2. The summed E-state index contributed by atoms with van der Waals surface area (Å²) in [6.45, 7) is 4.12. The number of carbonyl (C=O) groups excluding carboxylic acids is 2. The van der Waals surface area contributed by atoms with E-state index in [4.69, 9.17) is 14.0 Å². The summed E-state index contributed by atoms with van der Waals surface area (Å²) in [7, 11) is 0. The number of anilines is 1. The molecule has 1 aliphatic rings. The minimum absolute atomic E-state index is 0.217. The highest BCUT2D eigenvalue weighted by Gasteiger charge is 2.25. The van der Waals surface area contributed by atoms with E-state index >= 15 is 0 Å². The first kappa shape index (κ1) is 19.7. The molecule has 0 bridgehead atoms. The fourth-order valence-corrected chi connectivity index (χ4v) is 3.50. The molecule has 154 valence electrons. The number of benzene rings is 2. The summed E-state index contributed by atoms with van der Waals surface area (Å²) in [6.07, 6.45) is 0.800. The van der Waals surface area contributed by atoms with Crippen molar-refractivity contribution in [2.45, 2.75) is 26.9 Å². The number of hydrogen-bond acceptors (Lipinski definition) is 6. The minimum atomic E-state index is -0.606. The van der Waals surface area contributed by atoms with Crippen LogP contribution in [-0.2, 0) is 22.6 Å². The predicted octanol–water partition coefficient (Wildman–Crippen LogP) is 3.62. The number of hydrogen-bond donors (Lipinski definition) is 0. The standard InChI is InChI=1S/C23H22N2O5/c1-15-19(16(2)30-24-15)13-28-21-10-6-4-8-18(21)23(27)29-14-22(26)25-12-11-17-7-3-5-9-20(17)25/h3-10H,11-14H2,1-2H3. The summed E-state index contributed by atoms with van der Waals surface area (Å²) in [4.78, 5) is 26.9. The van der Waals surface area contributed by atoms with Crippen molar-refractivity contribution in [3.8, 4) is 5.75 Å². The van der Waals surface area contributed by atoms with Crippen molar-refractivity contribution in [1.82, 2.24) is 5.16 Å². The van der Waals surface area contributed by atoms with Crippen molar-refractivity contribution in [1.29, 1.82) is 0 Å². The second-order valence-corrected chi connectivity index (χ2v) is 7.09. The summed E-state index contributed by atoms with van der Waals surface area (Å²) in [5.41, 5.74) is 3.83. The molecule has 7 heteroatoms. The quantitative estimate of drug-likeness (QED) is 0.582. The molecule has 2 aromatic carbocycles. The molecule has 1 amide bonds. The molecule has 1 aromatic heterocycles. The van der Waals surface area contributed by atoms with Gasteiger partial charge in [-0.15, -0.1) is 0 Å². The first-order chi connectivity index (χ1) is 14.5. The number of rotatable bonds is 6. The Morgan fingerprint density at radius 3 is 2.67 bits per heavy atom. The Bertz CT molecular complexity index is 1070. The third kappa shape index (κ3) is 3.91. The predicted molar refractivity (Wildman–Crippen MR) is 110 cm³/mol. The molecule has 0 spiro atoms. The highest BCUT2D eigenvalue weighted by Crippen LogP contribution is 2.27. The van der Waals surface area contributed by atoms with E-state index in [-0.39, 0.29) is 24.7 Å². The monoisotopic (exact) mass is 406 g/mol. The molecule has 0 saturated carbocycles. The van der Waals surface area contributed by atoms with E-state index in [1.165, 1.54) is 0 Å². The summed E-state index contributed by atoms with van der Waals surface area (Å²) < 4.78 is 16.3. The van der Waals surface area contributed by atoms with Gasteiger partial charge in [0.1, 0.15) is 23.7 Å². The molecule has 0 unspecified atom stereocenters. The SMILES string of the molecule is Cc1noc(C)c1COc1ccccc1C(=O)OCC(=O)N1CCc2ccccc21. The smallest absolute Gasteiger partial charge is 0.342 e. The first-order valence-electron chi connectivity index (χ1n) is 9.73. The van der Waals surface area contributed by atoms with Crippen molar-refractivity contribution < 1.29 is 23.6 Å². The van der Waals surface area contributed by atoms with Gasteiger partial charge in [-0.3, -0.25) is 4.79 Å². The Hall–Kier alpha value is -3.61. The van der Waals surface area contributed by atoms with Crippen molar-refractivity contribution in [3.05, 3.63) is 76.7 Å². The van der Waals surface area contributed by atoms with Crippen LogP contribution in [0.1, 0.15) is 32.9 Å². The molecule has 30 heavy (non-hydrogen) atoms. The van der Waals surface area contributed by atoms with E-state index in [0.29, 0.717) is 18.1 Å². The Kier molecular flexibility index (Phi) is 5.52. The van der Waals surface area contributed by atoms with Gasteiger partial charge in [0.25, 0.3) is 5.91 Å². The van der Waals surface area contributed by atoms with Gasteiger partial charge in [0, 0.05) is 12.2 Å². The van der Waals surface area contributed by atoms with E-state index in [2.05, 4.69) is 5.16 Å². The van der Waals surface area contributed by atoms with Crippen LogP contribution < -0.4 is 9.64 Å². The maximum Gasteiger partial charge on any atom is 0.342 e. The van der Waals surface area contributed by atoms with Gasteiger partial charge in [-0.1, -0.05) is 35.5 Å². The fraction of sp³-hybridized carbons (Fsp3) is 0.261. The van der Waals surface area contributed by atoms with E-state index in [9.17, 15) is 9.59 Å². The van der Waals surface area contributed by atoms with Crippen LogP contribution in [0.4, 0.5) is 5.69 Å². The van der Waals surface area contributed by atoms with Crippen LogP contribution in [0.2, 0.25) is 0 Å². The molecular formula is C23H22N2O5. The van der Waals surface area contributed by atoms with Crippen LogP contribution in [0.25, 0.3) is 0 Å². The van der Waals surface area contributed by atoms with Crippen molar-refractivity contribution >= 4 is 17.6 Å². The van der Waals surface area contributed by atoms with Gasteiger partial charge in [-0.25, -0.2) is 4.79 Å². The Labute approximate surface area is 174 Å². The second-order valence-electron chi connectivity index (χ2n) is 7.09. The fourth-order valence-electron chi connectivity index (χ4n) is 3.50. The van der Waals surface area contributed by atoms with Crippen molar-refractivity contribution in [2.75, 3.05) is 18.1 Å². The summed E-state index contributed by atoms with van der Waals surface area (Å²) >= 11 is 0. The summed E-state index contributed by atoms with van der Waals surface area (Å²) in [5.74, 6) is 0.193. The van der Waals surface area contributed by atoms with Crippen LogP contribution in [0.5, 0.6) is 5.75 Å². The van der Waals surface area contributed by atoms with Crippen LogP contribution in [0.3, 0.4) is 0 Å². The number of nitrogens with zero attached hydrogens (tertiary/aromatic N) is 2. The first-order valence-corrected chi connectivity index (χ1v) is 9.73. The molecule has 0 fully saturated rings. The zero-order valence-electron chi connectivity index (χ0n) is 16.9. The number of esters is 1. The second kappa shape index (κ2) is 8.41. The number of aryl methyl sites for hydroxylation is 2. The van der Waals surface area contributed by atoms with Gasteiger partial charge in [-0.2, -0.15) is 0 Å². The zero-order chi connectivity index (χ0) is 21.1. The van der Waals surface area contributed by atoms with Crippen LogP contribution >= 0.6 is 0 Å². The lowest BCUT2D eigenvalue weighted by Gasteiger charge is -2.17. The third-order valence-corrected chi connectivity index (χ3v) is 5.18. The van der Waals surface area contributed by atoms with Crippen LogP contribution in [0.15, 0.2) is 53.1 Å². The van der Waals surface area contributed by atoms with Crippen molar-refractivity contribution in [3.63, 3.8) is 0 Å².